The van der Waals surface area contributed by atoms with Gasteiger partial charge in [-0.1, -0.05) is 30.3 Å². The second kappa shape index (κ2) is 6.85. The Morgan fingerprint density at radius 3 is 2.29 bits per heavy atom. The van der Waals surface area contributed by atoms with Gasteiger partial charge in [0.05, 0.1) is 31.8 Å². The Bertz CT molecular complexity index is 558. The van der Waals surface area contributed by atoms with Crippen molar-refractivity contribution in [1.82, 2.24) is 0 Å². The molecule has 2 saturated heterocycles. The number of hydrogen-bond acceptors (Lipinski definition) is 3. The Kier molecular flexibility index (Phi) is 4.97. The van der Waals surface area contributed by atoms with Crippen molar-refractivity contribution in [2.45, 2.75) is 69.7 Å². The average Bonchev–Trinajstić information content (AvgIpc) is 2.74. The number of aliphatic hydroxyl groups is 1. The fourth-order valence-corrected chi connectivity index (χ4v) is 4.82. The Labute approximate surface area is 145 Å². The van der Waals surface area contributed by atoms with Crippen LogP contribution in [0.5, 0.6) is 0 Å². The lowest BCUT2D eigenvalue weighted by Crippen LogP contribution is -2.62. The Balaban J connectivity index is 1.66. The largest absolute Gasteiger partial charge is 0.461 e. The molecule has 2 bridgehead atoms. The molecular formula is C20H30NO3+. The van der Waals surface area contributed by atoms with E-state index in [1.165, 1.54) is 12.8 Å². The van der Waals surface area contributed by atoms with Gasteiger partial charge >= 0.3 is 5.97 Å². The van der Waals surface area contributed by atoms with E-state index in [9.17, 15) is 9.90 Å². The average molecular weight is 332 g/mol. The number of carbonyl (C=O) groups is 1. The first-order valence-corrected chi connectivity index (χ1v) is 9.18. The van der Waals surface area contributed by atoms with Crippen molar-refractivity contribution in [3.63, 3.8) is 0 Å². The number of fused-ring (bicyclic) bond motifs is 2. The highest BCUT2D eigenvalue weighted by molar-refractivity contribution is 5.78. The standard InChI is InChI=1S/C20H30NO3/c1-14(2)21(3)16-9-10-17(21)12-18(11-16)24-20(23)19(13-22)15-7-5-4-6-8-15/h4-8,14,16-19,22H,9-13H2,1-3H3/q+1/t16-,17+,18-,19?,21?. The summed E-state index contributed by atoms with van der Waals surface area (Å²) in [6, 6.07) is 11.2. The van der Waals surface area contributed by atoms with Gasteiger partial charge in [0.25, 0.3) is 0 Å². The van der Waals surface area contributed by atoms with Crippen LogP contribution >= 0.6 is 0 Å². The molecule has 4 heteroatoms. The molecule has 132 valence electrons. The maximum absolute atomic E-state index is 12.6. The molecule has 5 atom stereocenters. The molecule has 1 aromatic rings. The summed E-state index contributed by atoms with van der Waals surface area (Å²) >= 11 is 0. The monoisotopic (exact) mass is 332 g/mol. The summed E-state index contributed by atoms with van der Waals surface area (Å²) in [5.74, 6) is -0.856. The molecule has 0 aromatic heterocycles. The lowest BCUT2D eigenvalue weighted by molar-refractivity contribution is -0.968. The fourth-order valence-electron chi connectivity index (χ4n) is 4.82. The predicted molar refractivity (Wildman–Crippen MR) is 93.5 cm³/mol. The van der Waals surface area contributed by atoms with Gasteiger partial charge in [-0.2, -0.15) is 0 Å². The molecule has 2 fully saturated rings. The van der Waals surface area contributed by atoms with Crippen LogP contribution in [-0.2, 0) is 9.53 Å². The minimum atomic E-state index is -0.572. The minimum Gasteiger partial charge on any atom is -0.461 e. The van der Waals surface area contributed by atoms with E-state index in [2.05, 4.69) is 20.9 Å². The van der Waals surface area contributed by atoms with Crippen molar-refractivity contribution in [3.8, 4) is 0 Å². The van der Waals surface area contributed by atoms with Gasteiger partial charge in [0, 0.05) is 25.7 Å². The summed E-state index contributed by atoms with van der Waals surface area (Å²) in [4.78, 5) is 12.6. The van der Waals surface area contributed by atoms with Crippen LogP contribution in [0.3, 0.4) is 0 Å². The molecule has 3 rings (SSSR count). The zero-order valence-corrected chi connectivity index (χ0v) is 15.0. The van der Waals surface area contributed by atoms with E-state index < -0.39 is 5.92 Å². The zero-order valence-electron chi connectivity index (χ0n) is 15.0. The SMILES string of the molecule is CC(C)[N+]1(C)[C@@H]2CC[C@H]1C[C@H](OC(=O)C(CO)c1ccccc1)C2. The van der Waals surface area contributed by atoms with Gasteiger partial charge in [-0.3, -0.25) is 4.79 Å². The van der Waals surface area contributed by atoms with Crippen LogP contribution in [0.4, 0.5) is 0 Å². The second-order valence-corrected chi connectivity index (χ2v) is 7.88. The summed E-state index contributed by atoms with van der Waals surface area (Å²) in [5, 5.41) is 9.65. The number of piperidine rings is 1. The summed E-state index contributed by atoms with van der Waals surface area (Å²) in [5.41, 5.74) is 0.826. The number of nitrogens with zero attached hydrogens (tertiary/aromatic N) is 1. The number of aliphatic hydroxyl groups excluding tert-OH is 1. The van der Waals surface area contributed by atoms with Crippen LogP contribution in [0, 0.1) is 0 Å². The Hall–Kier alpha value is -1.39. The number of carbonyl (C=O) groups excluding carboxylic acids is 1. The molecule has 4 nitrogen and oxygen atoms in total. The van der Waals surface area contributed by atoms with Crippen LogP contribution in [0.15, 0.2) is 30.3 Å². The molecule has 0 aliphatic carbocycles. The highest BCUT2D eigenvalue weighted by Gasteiger charge is 2.53. The molecule has 0 saturated carbocycles. The molecule has 0 radical (unpaired) electrons. The highest BCUT2D eigenvalue weighted by atomic mass is 16.5. The second-order valence-electron chi connectivity index (χ2n) is 7.88. The van der Waals surface area contributed by atoms with Gasteiger partial charge in [0.15, 0.2) is 0 Å². The van der Waals surface area contributed by atoms with Crippen molar-refractivity contribution in [3.05, 3.63) is 35.9 Å². The fraction of sp³-hybridized carbons (Fsp3) is 0.650. The Morgan fingerprint density at radius 1 is 1.21 bits per heavy atom. The van der Waals surface area contributed by atoms with Crippen molar-refractivity contribution < 1.29 is 19.1 Å². The van der Waals surface area contributed by atoms with E-state index in [0.717, 1.165) is 22.9 Å². The first kappa shape index (κ1) is 17.4. The smallest absolute Gasteiger partial charge is 0.316 e. The predicted octanol–water partition coefficient (Wildman–Crippen LogP) is 2.85. The van der Waals surface area contributed by atoms with E-state index in [1.807, 2.05) is 30.3 Å². The van der Waals surface area contributed by atoms with Crippen molar-refractivity contribution in [2.24, 2.45) is 0 Å². The molecule has 2 heterocycles. The summed E-state index contributed by atoms with van der Waals surface area (Å²) < 4.78 is 6.96. The topological polar surface area (TPSA) is 46.5 Å². The maximum Gasteiger partial charge on any atom is 0.316 e. The third kappa shape index (κ3) is 2.98. The van der Waals surface area contributed by atoms with E-state index >= 15 is 0 Å². The summed E-state index contributed by atoms with van der Waals surface area (Å²) in [6.45, 7) is 4.39. The first-order chi connectivity index (χ1) is 11.5. The number of rotatable bonds is 5. The van der Waals surface area contributed by atoms with Crippen molar-refractivity contribution in [1.29, 1.82) is 0 Å². The molecule has 1 N–H and O–H groups in total. The van der Waals surface area contributed by atoms with Gasteiger partial charge in [0.2, 0.25) is 0 Å². The Morgan fingerprint density at radius 2 is 1.79 bits per heavy atom. The van der Waals surface area contributed by atoms with Gasteiger partial charge in [-0.25, -0.2) is 0 Å². The molecule has 0 spiro atoms. The van der Waals surface area contributed by atoms with Crippen molar-refractivity contribution >= 4 is 5.97 Å². The van der Waals surface area contributed by atoms with Gasteiger partial charge in [-0.05, 0) is 19.4 Å². The van der Waals surface area contributed by atoms with Crippen molar-refractivity contribution in [2.75, 3.05) is 13.7 Å². The number of quaternary nitrogens is 1. The molecular weight excluding hydrogens is 302 g/mol. The maximum atomic E-state index is 12.6. The quantitative estimate of drug-likeness (QED) is 0.666. The third-order valence-corrected chi connectivity index (χ3v) is 6.54. The number of benzene rings is 1. The third-order valence-electron chi connectivity index (χ3n) is 6.54. The zero-order chi connectivity index (χ0) is 17.3. The summed E-state index contributed by atoms with van der Waals surface area (Å²) in [7, 11) is 2.37. The molecule has 24 heavy (non-hydrogen) atoms. The normalized spacial score (nSPS) is 33.5. The van der Waals surface area contributed by atoms with E-state index in [-0.39, 0.29) is 18.7 Å². The van der Waals surface area contributed by atoms with E-state index in [0.29, 0.717) is 18.1 Å². The number of ether oxygens (including phenoxy) is 1. The lowest BCUT2D eigenvalue weighted by atomic mass is 9.94. The van der Waals surface area contributed by atoms with Crippen LogP contribution in [0.2, 0.25) is 0 Å². The highest BCUT2D eigenvalue weighted by Crippen LogP contribution is 2.44. The minimum absolute atomic E-state index is 0.00212. The molecule has 2 aliphatic rings. The first-order valence-electron chi connectivity index (χ1n) is 9.18. The van der Waals surface area contributed by atoms with Crippen LogP contribution in [-0.4, -0.2) is 53.4 Å². The van der Waals surface area contributed by atoms with Gasteiger partial charge in [-0.15, -0.1) is 0 Å². The van der Waals surface area contributed by atoms with E-state index in [1.54, 1.807) is 0 Å². The molecule has 0 amide bonds. The van der Waals surface area contributed by atoms with Crippen LogP contribution in [0.1, 0.15) is 51.0 Å². The van der Waals surface area contributed by atoms with Crippen LogP contribution < -0.4 is 0 Å². The summed E-state index contributed by atoms with van der Waals surface area (Å²) in [6.07, 6.45) is 4.36. The number of hydrogen-bond donors (Lipinski definition) is 1. The molecule has 2 aliphatic heterocycles. The van der Waals surface area contributed by atoms with E-state index in [4.69, 9.17) is 4.74 Å². The number of esters is 1. The molecule has 1 aromatic carbocycles. The lowest BCUT2D eigenvalue weighted by Gasteiger charge is -2.49. The van der Waals surface area contributed by atoms with Gasteiger partial charge in [0.1, 0.15) is 12.0 Å². The van der Waals surface area contributed by atoms with Gasteiger partial charge < -0.3 is 14.3 Å². The van der Waals surface area contributed by atoms with Crippen LogP contribution in [0.25, 0.3) is 0 Å². The molecule has 2 unspecified atom stereocenters.